The normalized spacial score (nSPS) is 19.7. The molecular weight excluding hydrogens is 487 g/mol. The predicted molar refractivity (Wildman–Crippen MR) is 143 cm³/mol. The Morgan fingerprint density at radius 3 is 2.89 bits per heavy atom. The molecule has 0 amide bonds. The van der Waals surface area contributed by atoms with Gasteiger partial charge in [-0.25, -0.2) is 14.4 Å². The number of morpholine rings is 1. The second kappa shape index (κ2) is 11.0. The van der Waals surface area contributed by atoms with Gasteiger partial charge in [-0.2, -0.15) is 0 Å². The van der Waals surface area contributed by atoms with Crippen LogP contribution in [0.1, 0.15) is 18.2 Å². The van der Waals surface area contributed by atoms with E-state index in [2.05, 4.69) is 43.0 Å². The van der Waals surface area contributed by atoms with E-state index in [1.165, 1.54) is 17.3 Å². The number of nitrogens with one attached hydrogen (secondary N) is 4. The fourth-order valence-electron chi connectivity index (χ4n) is 5.35. The van der Waals surface area contributed by atoms with Gasteiger partial charge in [-0.15, -0.1) is 0 Å². The molecule has 0 aliphatic carbocycles. The van der Waals surface area contributed by atoms with Crippen molar-refractivity contribution in [1.82, 2.24) is 30.4 Å². The maximum atomic E-state index is 14.8. The third kappa shape index (κ3) is 5.34. The standard InChI is InChI=1S/C27H35FN8O2/c1-18-24(16-31-26-25(18)30-6-11-38-26)36-7-4-19-15-32-27(34-23(19)17-36)33-20-2-3-22(21(28)14-20)29-5-8-35-9-12-37-13-10-35/h2-3,14-15,29-31H,4-13,16-17H2,1H3,(H,32,33,34). The first-order chi connectivity index (χ1) is 18.6. The molecule has 0 saturated carbocycles. The molecule has 1 aromatic carbocycles. The molecule has 0 bridgehead atoms. The number of benzene rings is 1. The largest absolute Gasteiger partial charge is 0.476 e. The summed E-state index contributed by atoms with van der Waals surface area (Å²) in [5.74, 6) is 1.01. The zero-order valence-corrected chi connectivity index (χ0v) is 21.8. The first kappa shape index (κ1) is 24.7. The first-order valence-electron chi connectivity index (χ1n) is 13.4. The van der Waals surface area contributed by atoms with Crippen molar-refractivity contribution >= 4 is 17.3 Å². The molecule has 2 aromatic rings. The maximum Gasteiger partial charge on any atom is 0.227 e. The minimum absolute atomic E-state index is 0.303. The van der Waals surface area contributed by atoms with Crippen LogP contribution in [-0.4, -0.2) is 85.4 Å². The van der Waals surface area contributed by atoms with Crippen LogP contribution in [0.15, 0.2) is 47.2 Å². The summed E-state index contributed by atoms with van der Waals surface area (Å²) in [4.78, 5) is 14.0. The molecule has 0 atom stereocenters. The van der Waals surface area contributed by atoms with Crippen LogP contribution in [0, 0.1) is 5.82 Å². The van der Waals surface area contributed by atoms with Crippen LogP contribution >= 0.6 is 0 Å². The number of ether oxygens (including phenoxy) is 2. The summed E-state index contributed by atoms with van der Waals surface area (Å²) >= 11 is 0. The van der Waals surface area contributed by atoms with Crippen LogP contribution in [0.4, 0.5) is 21.7 Å². The van der Waals surface area contributed by atoms with E-state index in [9.17, 15) is 4.39 Å². The van der Waals surface area contributed by atoms with Gasteiger partial charge in [0.05, 0.1) is 43.4 Å². The highest BCUT2D eigenvalue weighted by atomic mass is 19.1. The molecule has 4 aliphatic rings. The highest BCUT2D eigenvalue weighted by Gasteiger charge is 2.28. The van der Waals surface area contributed by atoms with E-state index >= 15 is 0 Å². The molecule has 10 nitrogen and oxygen atoms in total. The van der Waals surface area contributed by atoms with E-state index < -0.39 is 0 Å². The van der Waals surface area contributed by atoms with E-state index in [0.29, 0.717) is 37.0 Å². The van der Waals surface area contributed by atoms with Gasteiger partial charge in [-0.3, -0.25) is 4.90 Å². The van der Waals surface area contributed by atoms with Crippen LogP contribution in [-0.2, 0) is 22.4 Å². The molecule has 4 N–H and O–H groups in total. The lowest BCUT2D eigenvalue weighted by molar-refractivity contribution is 0.0398. The fourth-order valence-corrected chi connectivity index (χ4v) is 5.35. The number of fused-ring (bicyclic) bond motifs is 1. The number of hydrogen-bond acceptors (Lipinski definition) is 10. The van der Waals surface area contributed by atoms with Gasteiger partial charge in [0.2, 0.25) is 11.8 Å². The summed E-state index contributed by atoms with van der Waals surface area (Å²) in [5.41, 5.74) is 6.76. The number of anilines is 3. The zero-order valence-electron chi connectivity index (χ0n) is 21.8. The Morgan fingerprint density at radius 2 is 2.03 bits per heavy atom. The van der Waals surface area contributed by atoms with Crippen molar-refractivity contribution in [3.05, 3.63) is 64.3 Å². The predicted octanol–water partition coefficient (Wildman–Crippen LogP) is 2.13. The van der Waals surface area contributed by atoms with Gasteiger partial charge in [-0.1, -0.05) is 0 Å². The first-order valence-corrected chi connectivity index (χ1v) is 13.4. The quantitative estimate of drug-likeness (QED) is 0.433. The molecule has 202 valence electrons. The molecule has 38 heavy (non-hydrogen) atoms. The smallest absolute Gasteiger partial charge is 0.227 e. The number of nitrogens with zero attached hydrogens (tertiary/aromatic N) is 4. The fraction of sp³-hybridized carbons (Fsp3) is 0.481. The zero-order chi connectivity index (χ0) is 25.9. The number of rotatable bonds is 7. The summed E-state index contributed by atoms with van der Waals surface area (Å²) in [5, 5.41) is 13.3. The molecule has 0 spiro atoms. The van der Waals surface area contributed by atoms with E-state index in [1.807, 2.05) is 12.3 Å². The van der Waals surface area contributed by atoms with Gasteiger partial charge >= 0.3 is 0 Å². The van der Waals surface area contributed by atoms with Gasteiger partial charge in [0.15, 0.2) is 0 Å². The van der Waals surface area contributed by atoms with Gasteiger partial charge in [0.1, 0.15) is 12.4 Å². The lowest BCUT2D eigenvalue weighted by Gasteiger charge is -2.37. The average molecular weight is 523 g/mol. The topological polar surface area (TPSA) is 98.8 Å². The Balaban J connectivity index is 1.10. The molecule has 1 fully saturated rings. The highest BCUT2D eigenvalue weighted by molar-refractivity contribution is 5.59. The van der Waals surface area contributed by atoms with Crippen LogP contribution < -0.4 is 21.3 Å². The number of aromatic nitrogens is 2. The Labute approximate surface area is 222 Å². The summed E-state index contributed by atoms with van der Waals surface area (Å²) in [6.07, 6.45) is 2.76. The highest BCUT2D eigenvalue weighted by Crippen LogP contribution is 2.29. The third-order valence-corrected chi connectivity index (χ3v) is 7.50. The Hall–Kier alpha value is -3.57. The van der Waals surface area contributed by atoms with Crippen LogP contribution in [0.2, 0.25) is 0 Å². The Bertz CT molecular complexity index is 1240. The average Bonchev–Trinajstić information content (AvgIpc) is 2.95. The van der Waals surface area contributed by atoms with E-state index in [4.69, 9.17) is 14.5 Å². The molecule has 4 aliphatic heterocycles. The molecule has 0 radical (unpaired) electrons. The number of halogens is 1. The monoisotopic (exact) mass is 522 g/mol. The summed E-state index contributed by atoms with van der Waals surface area (Å²) in [6, 6.07) is 5.09. The second-order valence-corrected chi connectivity index (χ2v) is 9.94. The summed E-state index contributed by atoms with van der Waals surface area (Å²) in [6.45, 7) is 10.9. The van der Waals surface area contributed by atoms with E-state index in [-0.39, 0.29) is 5.82 Å². The van der Waals surface area contributed by atoms with Crippen molar-refractivity contribution in [2.75, 3.05) is 76.3 Å². The van der Waals surface area contributed by atoms with Crippen molar-refractivity contribution < 1.29 is 13.9 Å². The molecule has 11 heteroatoms. The third-order valence-electron chi connectivity index (χ3n) is 7.50. The van der Waals surface area contributed by atoms with E-state index in [0.717, 1.165) is 81.7 Å². The van der Waals surface area contributed by atoms with Gasteiger partial charge in [0, 0.05) is 56.8 Å². The van der Waals surface area contributed by atoms with Crippen molar-refractivity contribution in [3.63, 3.8) is 0 Å². The molecular formula is C27H35FN8O2. The van der Waals surface area contributed by atoms with Crippen molar-refractivity contribution in [2.24, 2.45) is 0 Å². The van der Waals surface area contributed by atoms with Crippen molar-refractivity contribution in [2.45, 2.75) is 19.9 Å². The van der Waals surface area contributed by atoms with Gasteiger partial charge in [-0.05, 0) is 42.7 Å². The molecule has 1 aromatic heterocycles. The number of hydrogen-bond donors (Lipinski definition) is 4. The molecule has 0 unspecified atom stereocenters. The maximum absolute atomic E-state index is 14.8. The second-order valence-electron chi connectivity index (χ2n) is 9.94. The lowest BCUT2D eigenvalue weighted by atomic mass is 10.0. The van der Waals surface area contributed by atoms with E-state index in [1.54, 1.807) is 6.07 Å². The minimum atomic E-state index is -0.303. The minimum Gasteiger partial charge on any atom is -0.476 e. The van der Waals surface area contributed by atoms with Gasteiger partial charge in [0.25, 0.3) is 0 Å². The molecule has 5 heterocycles. The van der Waals surface area contributed by atoms with Crippen molar-refractivity contribution in [3.8, 4) is 0 Å². The molecule has 6 rings (SSSR count). The van der Waals surface area contributed by atoms with Gasteiger partial charge < -0.3 is 35.6 Å². The van der Waals surface area contributed by atoms with Crippen LogP contribution in [0.5, 0.6) is 0 Å². The van der Waals surface area contributed by atoms with Crippen LogP contribution in [0.25, 0.3) is 0 Å². The SMILES string of the molecule is CC1=C(N2CCc3cnc(Nc4ccc(NCCN5CCOCC5)c(F)c4)nc3C2)CNC2=C1NCCO2. The summed E-state index contributed by atoms with van der Waals surface area (Å²) in [7, 11) is 0. The number of allylic oxidation sites excluding steroid dienone is 1. The lowest BCUT2D eigenvalue weighted by Crippen LogP contribution is -2.42. The van der Waals surface area contributed by atoms with Crippen molar-refractivity contribution in [1.29, 1.82) is 0 Å². The molecule has 1 saturated heterocycles. The Morgan fingerprint density at radius 1 is 1.13 bits per heavy atom. The Kier molecular flexibility index (Phi) is 7.19. The summed E-state index contributed by atoms with van der Waals surface area (Å²) < 4.78 is 25.9. The van der Waals surface area contributed by atoms with Crippen LogP contribution in [0.3, 0.4) is 0 Å². The number of dihydropyridines is 1.